The summed E-state index contributed by atoms with van der Waals surface area (Å²) in [6, 6.07) is 11.5. The monoisotopic (exact) mass is 271 g/mol. The van der Waals surface area contributed by atoms with E-state index in [0.29, 0.717) is 5.88 Å². The van der Waals surface area contributed by atoms with E-state index in [2.05, 4.69) is 22.4 Å². The van der Waals surface area contributed by atoms with Gasteiger partial charge in [0, 0.05) is 25.4 Å². The molecule has 0 amide bonds. The fourth-order valence-electron chi connectivity index (χ4n) is 2.23. The van der Waals surface area contributed by atoms with Crippen molar-refractivity contribution in [3.8, 4) is 11.6 Å². The lowest BCUT2D eigenvalue weighted by Gasteiger charge is -2.29. The fraction of sp³-hybridized carbons (Fsp3) is 0.333. The van der Waals surface area contributed by atoms with Gasteiger partial charge in [-0.3, -0.25) is 0 Å². The minimum Gasteiger partial charge on any atom is -0.438 e. The highest BCUT2D eigenvalue weighted by Crippen LogP contribution is 2.26. The van der Waals surface area contributed by atoms with Crippen molar-refractivity contribution in [3.05, 3.63) is 48.2 Å². The van der Waals surface area contributed by atoms with Crippen LogP contribution in [0.4, 0.5) is 0 Å². The maximum absolute atomic E-state index is 5.93. The number of ether oxygens (including phenoxy) is 2. The molecule has 1 aliphatic rings. The van der Waals surface area contributed by atoms with E-state index in [1.165, 1.54) is 0 Å². The van der Waals surface area contributed by atoms with Crippen molar-refractivity contribution in [2.24, 2.45) is 0 Å². The standard InChI is InChI=1S/C15H17N3O2/c1-11-9-16-10-14(19-11)12-4-2-5-13(8-12)20-15-6-3-7-17-18-15/h2-8,11,14,16H,9-10H2,1H3. The minimum atomic E-state index is 0.0594. The zero-order valence-corrected chi connectivity index (χ0v) is 11.3. The number of nitrogens with one attached hydrogen (secondary N) is 1. The topological polar surface area (TPSA) is 56.3 Å². The van der Waals surface area contributed by atoms with Crippen LogP contribution in [-0.2, 0) is 4.74 Å². The van der Waals surface area contributed by atoms with Crippen molar-refractivity contribution in [2.45, 2.75) is 19.1 Å². The summed E-state index contributed by atoms with van der Waals surface area (Å²) in [6.07, 6.45) is 1.90. The van der Waals surface area contributed by atoms with Crippen LogP contribution in [0.5, 0.6) is 11.6 Å². The normalized spacial score (nSPS) is 22.4. The summed E-state index contributed by atoms with van der Waals surface area (Å²) < 4.78 is 11.6. The molecule has 1 saturated heterocycles. The van der Waals surface area contributed by atoms with Crippen LogP contribution < -0.4 is 10.1 Å². The Balaban J connectivity index is 1.75. The highest BCUT2D eigenvalue weighted by Gasteiger charge is 2.20. The Morgan fingerprint density at radius 3 is 3.00 bits per heavy atom. The van der Waals surface area contributed by atoms with Crippen molar-refractivity contribution in [3.63, 3.8) is 0 Å². The van der Waals surface area contributed by atoms with Gasteiger partial charge in [-0.05, 0) is 30.7 Å². The van der Waals surface area contributed by atoms with Crippen LogP contribution in [0.15, 0.2) is 42.6 Å². The van der Waals surface area contributed by atoms with Gasteiger partial charge in [0.05, 0.1) is 12.2 Å². The Labute approximate surface area is 117 Å². The summed E-state index contributed by atoms with van der Waals surface area (Å²) in [5.41, 5.74) is 1.10. The number of hydrogen-bond acceptors (Lipinski definition) is 5. The Morgan fingerprint density at radius 2 is 2.20 bits per heavy atom. The maximum Gasteiger partial charge on any atom is 0.238 e. The van der Waals surface area contributed by atoms with Gasteiger partial charge in [0.25, 0.3) is 0 Å². The first kappa shape index (κ1) is 13.0. The SMILES string of the molecule is CC1CNCC(c2cccc(Oc3cccnn3)c2)O1. The largest absolute Gasteiger partial charge is 0.438 e. The van der Waals surface area contributed by atoms with Gasteiger partial charge in [-0.2, -0.15) is 5.10 Å². The van der Waals surface area contributed by atoms with Crippen LogP contribution in [-0.4, -0.2) is 29.4 Å². The van der Waals surface area contributed by atoms with E-state index in [9.17, 15) is 0 Å². The van der Waals surface area contributed by atoms with Gasteiger partial charge in [0.2, 0.25) is 5.88 Å². The molecule has 2 heterocycles. The molecular formula is C15H17N3O2. The second kappa shape index (κ2) is 5.98. The zero-order valence-electron chi connectivity index (χ0n) is 11.3. The molecule has 0 saturated carbocycles. The fourth-order valence-corrected chi connectivity index (χ4v) is 2.23. The van der Waals surface area contributed by atoms with Gasteiger partial charge in [-0.15, -0.1) is 5.10 Å². The van der Waals surface area contributed by atoms with E-state index in [0.717, 1.165) is 24.4 Å². The van der Waals surface area contributed by atoms with Crippen LogP contribution in [0, 0.1) is 0 Å². The molecule has 2 unspecified atom stereocenters. The third kappa shape index (κ3) is 3.12. The Kier molecular flexibility index (Phi) is 3.90. The predicted octanol–water partition coefficient (Wildman–Crippen LogP) is 2.32. The summed E-state index contributed by atoms with van der Waals surface area (Å²) in [4.78, 5) is 0. The van der Waals surface area contributed by atoms with Gasteiger partial charge in [-0.1, -0.05) is 12.1 Å². The number of aromatic nitrogens is 2. The molecule has 0 bridgehead atoms. The summed E-state index contributed by atoms with van der Waals surface area (Å²) >= 11 is 0. The van der Waals surface area contributed by atoms with E-state index >= 15 is 0 Å². The van der Waals surface area contributed by atoms with E-state index in [1.54, 1.807) is 18.3 Å². The molecule has 0 aliphatic carbocycles. The third-order valence-corrected chi connectivity index (χ3v) is 3.16. The molecule has 104 valence electrons. The van der Waals surface area contributed by atoms with Crippen LogP contribution in [0.25, 0.3) is 0 Å². The number of benzene rings is 1. The van der Waals surface area contributed by atoms with Crippen LogP contribution in [0.3, 0.4) is 0 Å². The van der Waals surface area contributed by atoms with Crippen molar-refractivity contribution in [1.29, 1.82) is 0 Å². The van der Waals surface area contributed by atoms with Gasteiger partial charge >= 0.3 is 0 Å². The quantitative estimate of drug-likeness (QED) is 0.928. The average molecular weight is 271 g/mol. The lowest BCUT2D eigenvalue weighted by atomic mass is 10.1. The highest BCUT2D eigenvalue weighted by molar-refractivity contribution is 5.32. The first-order valence-corrected chi connectivity index (χ1v) is 6.73. The van der Waals surface area contributed by atoms with Crippen LogP contribution in [0.1, 0.15) is 18.6 Å². The summed E-state index contributed by atoms with van der Waals surface area (Å²) in [5, 5.41) is 11.1. The Bertz CT molecular complexity index is 562. The van der Waals surface area contributed by atoms with Crippen molar-refractivity contribution in [1.82, 2.24) is 15.5 Å². The van der Waals surface area contributed by atoms with E-state index in [4.69, 9.17) is 9.47 Å². The van der Waals surface area contributed by atoms with Crippen molar-refractivity contribution in [2.75, 3.05) is 13.1 Å². The Hall–Kier alpha value is -1.98. The Morgan fingerprint density at radius 1 is 1.25 bits per heavy atom. The molecule has 0 spiro atoms. The third-order valence-electron chi connectivity index (χ3n) is 3.16. The molecule has 2 aromatic rings. The van der Waals surface area contributed by atoms with Crippen molar-refractivity contribution < 1.29 is 9.47 Å². The average Bonchev–Trinajstić information content (AvgIpc) is 2.49. The lowest BCUT2D eigenvalue weighted by Crippen LogP contribution is -2.38. The second-order valence-corrected chi connectivity index (χ2v) is 4.83. The molecule has 1 aromatic carbocycles. The molecule has 20 heavy (non-hydrogen) atoms. The van der Waals surface area contributed by atoms with E-state index in [-0.39, 0.29) is 12.2 Å². The van der Waals surface area contributed by atoms with Gasteiger partial charge in [0.1, 0.15) is 5.75 Å². The first-order valence-electron chi connectivity index (χ1n) is 6.73. The number of nitrogens with zero attached hydrogens (tertiary/aromatic N) is 2. The van der Waals surface area contributed by atoms with Crippen molar-refractivity contribution >= 4 is 0 Å². The van der Waals surface area contributed by atoms with Crippen LogP contribution in [0.2, 0.25) is 0 Å². The molecule has 1 aliphatic heterocycles. The molecule has 5 heteroatoms. The summed E-state index contributed by atoms with van der Waals surface area (Å²) in [7, 11) is 0. The summed E-state index contributed by atoms with van der Waals surface area (Å²) in [6.45, 7) is 3.78. The maximum atomic E-state index is 5.93. The molecular weight excluding hydrogens is 254 g/mol. The van der Waals surface area contributed by atoms with E-state index < -0.39 is 0 Å². The van der Waals surface area contributed by atoms with Gasteiger partial charge in [-0.25, -0.2) is 0 Å². The van der Waals surface area contributed by atoms with Crippen LogP contribution >= 0.6 is 0 Å². The number of morpholine rings is 1. The molecule has 1 aromatic heterocycles. The van der Waals surface area contributed by atoms with Gasteiger partial charge < -0.3 is 14.8 Å². The van der Waals surface area contributed by atoms with E-state index in [1.807, 2.05) is 24.3 Å². The molecule has 3 rings (SSSR count). The molecule has 2 atom stereocenters. The molecule has 1 N–H and O–H groups in total. The molecule has 0 radical (unpaired) electrons. The highest BCUT2D eigenvalue weighted by atomic mass is 16.5. The first-order chi connectivity index (χ1) is 9.81. The predicted molar refractivity (Wildman–Crippen MR) is 74.7 cm³/mol. The number of hydrogen-bond donors (Lipinski definition) is 1. The second-order valence-electron chi connectivity index (χ2n) is 4.83. The molecule has 5 nitrogen and oxygen atoms in total. The lowest BCUT2D eigenvalue weighted by molar-refractivity contribution is -0.0287. The summed E-state index contributed by atoms with van der Waals surface area (Å²) in [5.74, 6) is 1.23. The van der Waals surface area contributed by atoms with Gasteiger partial charge in [0.15, 0.2) is 0 Å². The molecule has 1 fully saturated rings. The number of rotatable bonds is 3. The minimum absolute atomic E-state index is 0.0594. The zero-order chi connectivity index (χ0) is 13.8. The smallest absolute Gasteiger partial charge is 0.238 e.